The summed E-state index contributed by atoms with van der Waals surface area (Å²) in [5, 5.41) is 0. The zero-order chi connectivity index (χ0) is 14.5. The molecule has 1 aliphatic rings. The van der Waals surface area contributed by atoms with Gasteiger partial charge < -0.3 is 14.2 Å². The maximum absolute atomic E-state index is 11.6. The van der Waals surface area contributed by atoms with Crippen molar-refractivity contribution in [2.24, 2.45) is 0 Å². The molecule has 5 nitrogen and oxygen atoms in total. The van der Waals surface area contributed by atoms with Crippen LogP contribution < -0.4 is 4.74 Å². The molecule has 1 aromatic rings. The van der Waals surface area contributed by atoms with Gasteiger partial charge in [0.25, 0.3) is 0 Å². The minimum atomic E-state index is -0.490. The van der Waals surface area contributed by atoms with E-state index in [2.05, 4.69) is 6.58 Å². The monoisotopic (exact) mass is 276 g/mol. The molecule has 0 bridgehead atoms. The maximum Gasteiger partial charge on any atom is 0.338 e. The average molecular weight is 276 g/mol. The molecule has 0 radical (unpaired) electrons. The molecule has 1 fully saturated rings. The molecule has 106 valence electrons. The Bertz CT molecular complexity index is 531. The minimum Gasteiger partial charge on any atom is -0.463 e. The highest BCUT2D eigenvalue weighted by Gasteiger charge is 2.24. The molecule has 1 aliphatic heterocycles. The van der Waals surface area contributed by atoms with Crippen molar-refractivity contribution in [2.45, 2.75) is 19.4 Å². The largest absolute Gasteiger partial charge is 0.463 e. The van der Waals surface area contributed by atoms with Gasteiger partial charge in [-0.1, -0.05) is 18.7 Å². The predicted molar refractivity (Wildman–Crippen MR) is 71.3 cm³/mol. The Labute approximate surface area is 117 Å². The van der Waals surface area contributed by atoms with Gasteiger partial charge in [0.2, 0.25) is 0 Å². The third-order valence-electron chi connectivity index (χ3n) is 2.64. The van der Waals surface area contributed by atoms with E-state index in [0.29, 0.717) is 24.5 Å². The highest BCUT2D eigenvalue weighted by molar-refractivity contribution is 5.88. The number of ether oxygens (including phenoxy) is 3. The second-order valence-electron chi connectivity index (χ2n) is 4.63. The van der Waals surface area contributed by atoms with Crippen molar-refractivity contribution in [3.8, 4) is 5.75 Å². The number of hydrogen-bond donors (Lipinski definition) is 0. The fourth-order valence-electron chi connectivity index (χ4n) is 1.48. The summed E-state index contributed by atoms with van der Waals surface area (Å²) >= 11 is 0. The summed E-state index contributed by atoms with van der Waals surface area (Å²) in [6.07, 6.45) is 0.187. The lowest BCUT2D eigenvalue weighted by molar-refractivity contribution is -0.143. The molecule has 0 aromatic heterocycles. The maximum atomic E-state index is 11.6. The summed E-state index contributed by atoms with van der Waals surface area (Å²) in [6.45, 7) is 6.03. The molecule has 1 aromatic carbocycles. The fourth-order valence-corrected chi connectivity index (χ4v) is 1.48. The molecule has 1 heterocycles. The van der Waals surface area contributed by atoms with Crippen molar-refractivity contribution in [1.29, 1.82) is 0 Å². The van der Waals surface area contributed by atoms with Gasteiger partial charge in [-0.25, -0.2) is 4.79 Å². The first-order chi connectivity index (χ1) is 9.54. The van der Waals surface area contributed by atoms with E-state index in [0.717, 1.165) is 5.56 Å². The summed E-state index contributed by atoms with van der Waals surface area (Å²) in [7, 11) is 0. The van der Waals surface area contributed by atoms with Gasteiger partial charge in [-0.3, -0.25) is 4.79 Å². The minimum absolute atomic E-state index is 0.0572. The molecule has 1 atom stereocenters. The molecule has 5 heteroatoms. The second-order valence-corrected chi connectivity index (χ2v) is 4.63. The lowest BCUT2D eigenvalue weighted by Gasteiger charge is -2.06. The van der Waals surface area contributed by atoms with Crippen LogP contribution in [0.3, 0.4) is 0 Å². The number of rotatable bonds is 6. The Morgan fingerprint density at radius 1 is 1.45 bits per heavy atom. The standard InChI is InChI=1S/C15H16O5/c1-10(2)15(17)20-12-5-3-4-11(6-12)7-14(16)19-9-13-8-18-13/h3-6,13H,1,7-9H2,2H3. The van der Waals surface area contributed by atoms with Crippen LogP contribution in [0, 0.1) is 0 Å². The van der Waals surface area contributed by atoms with E-state index >= 15 is 0 Å². The van der Waals surface area contributed by atoms with Crippen LogP contribution in [0.25, 0.3) is 0 Å². The van der Waals surface area contributed by atoms with E-state index in [1.165, 1.54) is 0 Å². The Morgan fingerprint density at radius 3 is 2.85 bits per heavy atom. The molecule has 20 heavy (non-hydrogen) atoms. The van der Waals surface area contributed by atoms with Crippen LogP contribution in [0.15, 0.2) is 36.4 Å². The fraction of sp³-hybridized carbons (Fsp3) is 0.333. The van der Waals surface area contributed by atoms with Crippen LogP contribution in [0.2, 0.25) is 0 Å². The van der Waals surface area contributed by atoms with Crippen molar-refractivity contribution < 1.29 is 23.8 Å². The number of benzene rings is 1. The topological polar surface area (TPSA) is 65.1 Å². The first kappa shape index (κ1) is 14.3. The second kappa shape index (κ2) is 6.34. The quantitative estimate of drug-likeness (QED) is 0.342. The number of hydrogen-bond acceptors (Lipinski definition) is 5. The first-order valence-electron chi connectivity index (χ1n) is 6.28. The van der Waals surface area contributed by atoms with Crippen LogP contribution in [-0.4, -0.2) is 31.3 Å². The Kier molecular flexibility index (Phi) is 4.53. The lowest BCUT2D eigenvalue weighted by atomic mass is 10.1. The van der Waals surface area contributed by atoms with E-state index in [1.54, 1.807) is 31.2 Å². The van der Waals surface area contributed by atoms with Gasteiger partial charge >= 0.3 is 11.9 Å². The van der Waals surface area contributed by atoms with Gasteiger partial charge in [0.15, 0.2) is 0 Å². The normalized spacial score (nSPS) is 16.4. The Hall–Kier alpha value is -2.14. The van der Waals surface area contributed by atoms with Crippen LogP contribution in [0.1, 0.15) is 12.5 Å². The summed E-state index contributed by atoms with van der Waals surface area (Å²) < 4.78 is 15.1. The molecular formula is C15H16O5. The van der Waals surface area contributed by atoms with E-state index in [9.17, 15) is 9.59 Å². The SMILES string of the molecule is C=C(C)C(=O)Oc1cccc(CC(=O)OCC2CO2)c1. The molecule has 0 saturated carbocycles. The summed E-state index contributed by atoms with van der Waals surface area (Å²) in [4.78, 5) is 23.0. The third-order valence-corrected chi connectivity index (χ3v) is 2.64. The van der Waals surface area contributed by atoms with Gasteiger partial charge in [0.1, 0.15) is 18.5 Å². The van der Waals surface area contributed by atoms with Gasteiger partial charge in [-0.15, -0.1) is 0 Å². The zero-order valence-corrected chi connectivity index (χ0v) is 11.3. The van der Waals surface area contributed by atoms with Gasteiger partial charge in [0.05, 0.1) is 13.0 Å². The smallest absolute Gasteiger partial charge is 0.338 e. The van der Waals surface area contributed by atoms with Crippen molar-refractivity contribution >= 4 is 11.9 Å². The van der Waals surface area contributed by atoms with Crippen LogP contribution >= 0.6 is 0 Å². The highest BCUT2D eigenvalue weighted by atomic mass is 16.6. The van der Waals surface area contributed by atoms with Crippen LogP contribution in [0.5, 0.6) is 5.75 Å². The van der Waals surface area contributed by atoms with Crippen molar-refractivity contribution in [2.75, 3.05) is 13.2 Å². The molecule has 0 spiro atoms. The molecule has 0 aliphatic carbocycles. The van der Waals surface area contributed by atoms with Crippen LogP contribution in [0.4, 0.5) is 0 Å². The number of epoxide rings is 1. The number of carbonyl (C=O) groups is 2. The summed E-state index contributed by atoms with van der Waals surface area (Å²) in [5.41, 5.74) is 1.04. The van der Waals surface area contributed by atoms with E-state index in [1.807, 2.05) is 0 Å². The van der Waals surface area contributed by atoms with Crippen molar-refractivity contribution in [3.05, 3.63) is 42.0 Å². The van der Waals surface area contributed by atoms with E-state index < -0.39 is 5.97 Å². The molecule has 0 N–H and O–H groups in total. The zero-order valence-electron chi connectivity index (χ0n) is 11.3. The van der Waals surface area contributed by atoms with E-state index in [-0.39, 0.29) is 18.5 Å². The number of esters is 2. The lowest BCUT2D eigenvalue weighted by Crippen LogP contribution is -2.12. The van der Waals surface area contributed by atoms with Crippen LogP contribution in [-0.2, 0) is 25.5 Å². The van der Waals surface area contributed by atoms with Crippen molar-refractivity contribution in [1.82, 2.24) is 0 Å². The van der Waals surface area contributed by atoms with Gasteiger partial charge in [0, 0.05) is 5.57 Å². The molecule has 1 unspecified atom stereocenters. The third kappa shape index (κ3) is 4.51. The van der Waals surface area contributed by atoms with E-state index in [4.69, 9.17) is 14.2 Å². The van der Waals surface area contributed by atoms with Crippen molar-refractivity contribution in [3.63, 3.8) is 0 Å². The molecule has 1 saturated heterocycles. The average Bonchev–Trinajstić information content (AvgIpc) is 3.20. The number of carbonyl (C=O) groups excluding carboxylic acids is 2. The Morgan fingerprint density at radius 2 is 2.20 bits per heavy atom. The van der Waals surface area contributed by atoms with Gasteiger partial charge in [-0.2, -0.15) is 0 Å². The predicted octanol–water partition coefficient (Wildman–Crippen LogP) is 1.65. The molecule has 0 amide bonds. The summed E-state index contributed by atoms with van der Waals surface area (Å²) in [5.74, 6) is -0.437. The first-order valence-corrected chi connectivity index (χ1v) is 6.28. The Balaban J connectivity index is 1.89. The highest BCUT2D eigenvalue weighted by Crippen LogP contribution is 2.16. The van der Waals surface area contributed by atoms with Gasteiger partial charge in [-0.05, 0) is 24.6 Å². The summed E-state index contributed by atoms with van der Waals surface area (Å²) in [6, 6.07) is 6.77. The molecule has 2 rings (SSSR count). The molecular weight excluding hydrogens is 260 g/mol.